The average Bonchev–Trinajstić information content (AvgIpc) is 3.34. The van der Waals surface area contributed by atoms with Crippen LogP contribution in [-0.4, -0.2) is 41.8 Å². The summed E-state index contributed by atoms with van der Waals surface area (Å²) in [6.45, 7) is -0.428. The number of alkyl carbamates (subject to hydrolysis) is 1. The molecule has 0 heterocycles. The molecule has 8 heteroatoms. The molecule has 0 aliphatic heterocycles. The lowest BCUT2D eigenvalue weighted by Gasteiger charge is -2.29. The van der Waals surface area contributed by atoms with Crippen molar-refractivity contribution in [2.24, 2.45) is 0 Å². The van der Waals surface area contributed by atoms with Gasteiger partial charge in [-0.3, -0.25) is 9.63 Å². The van der Waals surface area contributed by atoms with E-state index < -0.39 is 30.1 Å². The molecule has 3 N–H and O–H groups in total. The number of amides is 2. The van der Waals surface area contributed by atoms with Gasteiger partial charge in [0.15, 0.2) is 6.61 Å². The summed E-state index contributed by atoms with van der Waals surface area (Å²) in [5.41, 5.74) is 5.98. The number of benzene rings is 2. The lowest BCUT2D eigenvalue weighted by molar-refractivity contribution is -0.149. The predicted molar refractivity (Wildman–Crippen MR) is 116 cm³/mol. The summed E-state index contributed by atoms with van der Waals surface area (Å²) >= 11 is 0. The molecule has 1 fully saturated rings. The molecule has 0 unspecified atom stereocenters. The summed E-state index contributed by atoms with van der Waals surface area (Å²) in [6, 6.07) is 16.2. The number of fused-ring (bicyclic) bond motifs is 3. The summed E-state index contributed by atoms with van der Waals surface area (Å²) in [5.74, 6) is -1.70. The number of hydrogen-bond donors (Lipinski definition) is 3. The third-order valence-electron chi connectivity index (χ3n) is 6.15. The second-order valence-electron chi connectivity index (χ2n) is 8.32. The zero-order valence-corrected chi connectivity index (χ0v) is 17.6. The zero-order chi connectivity index (χ0) is 22.6. The Bertz CT molecular complexity index is 970. The normalized spacial score (nSPS) is 16.1. The van der Waals surface area contributed by atoms with E-state index in [0.717, 1.165) is 35.1 Å². The zero-order valence-electron chi connectivity index (χ0n) is 17.6. The summed E-state index contributed by atoms with van der Waals surface area (Å²) in [6.07, 6.45) is 2.48. The topological polar surface area (TPSA) is 114 Å². The quantitative estimate of drug-likeness (QED) is 0.545. The molecular weight excluding hydrogens is 412 g/mol. The highest BCUT2D eigenvalue weighted by atomic mass is 16.7. The first-order valence-corrected chi connectivity index (χ1v) is 10.7. The Morgan fingerprint density at radius 1 is 0.969 bits per heavy atom. The van der Waals surface area contributed by atoms with Crippen molar-refractivity contribution < 1.29 is 29.1 Å². The first kappa shape index (κ1) is 21.8. The molecule has 2 aromatic rings. The molecule has 168 valence electrons. The highest BCUT2D eigenvalue weighted by molar-refractivity contribution is 5.80. The minimum absolute atomic E-state index is 0.00316. The van der Waals surface area contributed by atoms with Crippen molar-refractivity contribution >= 4 is 18.0 Å². The van der Waals surface area contributed by atoms with E-state index in [0.29, 0.717) is 12.8 Å². The van der Waals surface area contributed by atoms with E-state index in [2.05, 4.69) is 39.9 Å². The second kappa shape index (κ2) is 9.40. The molecule has 2 aliphatic carbocycles. The molecule has 4 rings (SSSR count). The molecule has 8 nitrogen and oxygen atoms in total. The van der Waals surface area contributed by atoms with Crippen LogP contribution in [-0.2, 0) is 19.2 Å². The van der Waals surface area contributed by atoms with Gasteiger partial charge < -0.3 is 15.2 Å². The highest BCUT2D eigenvalue weighted by Crippen LogP contribution is 2.44. The molecule has 2 aromatic carbocycles. The monoisotopic (exact) mass is 438 g/mol. The molecule has 0 aromatic heterocycles. The van der Waals surface area contributed by atoms with Gasteiger partial charge in [-0.2, -0.15) is 0 Å². The third-order valence-corrected chi connectivity index (χ3v) is 6.15. The molecule has 0 spiro atoms. The fourth-order valence-corrected chi connectivity index (χ4v) is 4.77. The smallest absolute Gasteiger partial charge is 0.407 e. The van der Waals surface area contributed by atoms with E-state index >= 15 is 0 Å². The Morgan fingerprint density at radius 3 is 2.16 bits per heavy atom. The summed E-state index contributed by atoms with van der Waals surface area (Å²) in [7, 11) is 0. The summed E-state index contributed by atoms with van der Waals surface area (Å²) in [5, 5.41) is 11.5. The number of carbonyl (C=O) groups is 3. The van der Waals surface area contributed by atoms with E-state index in [9.17, 15) is 14.4 Å². The predicted octanol–water partition coefficient (Wildman–Crippen LogP) is 3.36. The van der Waals surface area contributed by atoms with Crippen molar-refractivity contribution in [1.82, 2.24) is 10.8 Å². The molecule has 0 atom stereocenters. The van der Waals surface area contributed by atoms with Crippen LogP contribution in [0.5, 0.6) is 0 Å². The maximum absolute atomic E-state index is 12.7. The van der Waals surface area contributed by atoms with E-state index in [1.54, 1.807) is 0 Å². The van der Waals surface area contributed by atoms with Gasteiger partial charge in [-0.25, -0.2) is 15.1 Å². The number of nitrogens with one attached hydrogen (secondary N) is 2. The van der Waals surface area contributed by atoms with Gasteiger partial charge in [0.25, 0.3) is 0 Å². The van der Waals surface area contributed by atoms with Gasteiger partial charge in [0, 0.05) is 5.92 Å². The lowest BCUT2D eigenvalue weighted by Crippen LogP contribution is -2.49. The van der Waals surface area contributed by atoms with Crippen molar-refractivity contribution in [3.8, 4) is 11.1 Å². The maximum Gasteiger partial charge on any atom is 0.407 e. The van der Waals surface area contributed by atoms with Crippen molar-refractivity contribution in [2.75, 3.05) is 13.2 Å². The van der Waals surface area contributed by atoms with Crippen LogP contribution < -0.4 is 10.8 Å². The van der Waals surface area contributed by atoms with Crippen LogP contribution in [0.2, 0.25) is 0 Å². The van der Waals surface area contributed by atoms with Gasteiger partial charge in [0.05, 0.1) is 12.0 Å². The molecule has 1 saturated carbocycles. The number of ether oxygens (including phenoxy) is 1. The molecule has 0 saturated heterocycles. The minimum Gasteiger partial charge on any atom is -0.479 e. The maximum atomic E-state index is 12.7. The Morgan fingerprint density at radius 2 is 1.56 bits per heavy atom. The molecule has 0 radical (unpaired) electrons. The van der Waals surface area contributed by atoms with Crippen LogP contribution in [0, 0.1) is 0 Å². The van der Waals surface area contributed by atoms with Gasteiger partial charge in [0.1, 0.15) is 6.61 Å². The Balaban J connectivity index is 1.37. The largest absolute Gasteiger partial charge is 0.479 e. The van der Waals surface area contributed by atoms with E-state index in [1.807, 2.05) is 24.3 Å². The number of aliphatic carboxylic acids is 1. The fourth-order valence-electron chi connectivity index (χ4n) is 4.77. The second-order valence-corrected chi connectivity index (χ2v) is 8.32. The number of carboxylic acid groups (broad SMARTS) is 1. The van der Waals surface area contributed by atoms with Gasteiger partial charge in [-0.1, -0.05) is 61.4 Å². The number of hydrogen-bond acceptors (Lipinski definition) is 5. The molecule has 0 bridgehead atoms. The first-order chi connectivity index (χ1) is 15.5. The number of carboxylic acids is 1. The van der Waals surface area contributed by atoms with Crippen LogP contribution >= 0.6 is 0 Å². The SMILES string of the molecule is O=C(O)CONC(=O)CC1(NC(=O)OCC2c3ccccc3-c3ccccc32)CCCC1. The summed E-state index contributed by atoms with van der Waals surface area (Å²) in [4.78, 5) is 40.1. The van der Waals surface area contributed by atoms with Gasteiger partial charge in [0.2, 0.25) is 5.91 Å². The number of carbonyl (C=O) groups excluding carboxylic acids is 2. The average molecular weight is 438 g/mol. The van der Waals surface area contributed by atoms with Gasteiger partial charge in [-0.05, 0) is 35.1 Å². The molecule has 2 amide bonds. The van der Waals surface area contributed by atoms with Gasteiger partial charge in [-0.15, -0.1) is 0 Å². The van der Waals surface area contributed by atoms with Crippen molar-refractivity contribution in [3.63, 3.8) is 0 Å². The van der Waals surface area contributed by atoms with Crippen LogP contribution in [0.1, 0.15) is 49.1 Å². The molecular formula is C24H26N2O6. The van der Waals surface area contributed by atoms with Crippen LogP contribution in [0.15, 0.2) is 48.5 Å². The molecule has 2 aliphatic rings. The lowest BCUT2D eigenvalue weighted by atomic mass is 9.93. The summed E-state index contributed by atoms with van der Waals surface area (Å²) < 4.78 is 5.63. The molecule has 32 heavy (non-hydrogen) atoms. The van der Waals surface area contributed by atoms with Crippen LogP contribution in [0.3, 0.4) is 0 Å². The number of rotatable bonds is 8. The first-order valence-electron chi connectivity index (χ1n) is 10.7. The number of hydroxylamine groups is 1. The standard InChI is InChI=1S/C24H26N2O6/c27-21(26-32-15-22(28)29)13-24(11-5-6-12-24)25-23(30)31-14-20-18-9-3-1-7-16(18)17-8-2-4-10-19(17)20/h1-4,7-10,20H,5-6,11-15H2,(H,25,30)(H,26,27)(H,28,29). The van der Waals surface area contributed by atoms with Crippen LogP contribution in [0.4, 0.5) is 4.79 Å². The Kier molecular flexibility index (Phi) is 6.41. The highest BCUT2D eigenvalue weighted by Gasteiger charge is 2.38. The third kappa shape index (κ3) is 4.75. The van der Waals surface area contributed by atoms with Crippen molar-refractivity contribution in [3.05, 3.63) is 59.7 Å². The van der Waals surface area contributed by atoms with Crippen molar-refractivity contribution in [1.29, 1.82) is 0 Å². The minimum atomic E-state index is -1.18. The Hall–Kier alpha value is -3.39. The van der Waals surface area contributed by atoms with E-state index in [-0.39, 0.29) is 18.9 Å². The fraction of sp³-hybridized carbons (Fsp3) is 0.375. The van der Waals surface area contributed by atoms with E-state index in [1.165, 1.54) is 0 Å². The van der Waals surface area contributed by atoms with Crippen molar-refractivity contribution in [2.45, 2.75) is 43.6 Å². The van der Waals surface area contributed by atoms with Crippen LogP contribution in [0.25, 0.3) is 11.1 Å². The Labute approximate surface area is 185 Å². The van der Waals surface area contributed by atoms with E-state index in [4.69, 9.17) is 9.84 Å². The van der Waals surface area contributed by atoms with Gasteiger partial charge >= 0.3 is 12.1 Å².